The monoisotopic (exact) mass is 364 g/mol. The molecule has 0 aliphatic rings. The summed E-state index contributed by atoms with van der Waals surface area (Å²) in [6.45, 7) is 1.77. The van der Waals surface area contributed by atoms with Crippen LogP contribution in [0.15, 0.2) is 53.6 Å². The summed E-state index contributed by atoms with van der Waals surface area (Å²) in [5, 5.41) is 0.474. The summed E-state index contributed by atoms with van der Waals surface area (Å²) in [6.07, 6.45) is 1.39. The molecule has 24 heavy (non-hydrogen) atoms. The molecule has 0 N–H and O–H groups in total. The minimum Gasteiger partial charge on any atom is -0.461 e. The van der Waals surface area contributed by atoms with Crippen molar-refractivity contribution in [1.82, 2.24) is 8.96 Å². The van der Waals surface area contributed by atoms with Gasteiger partial charge < -0.3 is 4.74 Å². The molecule has 0 spiro atoms. The fraction of sp³-hybridized carbons (Fsp3) is 0.125. The van der Waals surface area contributed by atoms with Gasteiger partial charge in [-0.05, 0) is 31.2 Å². The fourth-order valence-electron chi connectivity index (χ4n) is 2.38. The summed E-state index contributed by atoms with van der Waals surface area (Å²) in [4.78, 5) is 16.2. The minimum atomic E-state index is -4.00. The molecule has 124 valence electrons. The van der Waals surface area contributed by atoms with Crippen LogP contribution in [0.25, 0.3) is 10.9 Å². The number of halogens is 1. The summed E-state index contributed by atoms with van der Waals surface area (Å²) in [6, 6.07) is 10.7. The second-order valence-electron chi connectivity index (χ2n) is 4.87. The van der Waals surface area contributed by atoms with Crippen molar-refractivity contribution in [2.75, 3.05) is 6.61 Å². The standard InChI is InChI=1S/C16H13ClN2O4S/c1-2-23-16(20)14-10-12-13(8-9-18-15(12)17)19(14)24(21,22)11-6-4-3-5-7-11/h3-10H,2H2,1H3. The van der Waals surface area contributed by atoms with Gasteiger partial charge in [0.1, 0.15) is 10.8 Å². The van der Waals surface area contributed by atoms with E-state index in [0.29, 0.717) is 5.39 Å². The highest BCUT2D eigenvalue weighted by molar-refractivity contribution is 7.90. The van der Waals surface area contributed by atoms with E-state index >= 15 is 0 Å². The van der Waals surface area contributed by atoms with E-state index in [1.54, 1.807) is 25.1 Å². The number of ether oxygens (including phenoxy) is 1. The van der Waals surface area contributed by atoms with Crippen LogP contribution in [0.2, 0.25) is 5.15 Å². The molecule has 0 saturated carbocycles. The number of hydrogen-bond donors (Lipinski definition) is 0. The smallest absolute Gasteiger partial charge is 0.356 e. The molecule has 0 aliphatic carbocycles. The first kappa shape index (κ1) is 16.5. The second-order valence-corrected chi connectivity index (χ2v) is 7.01. The minimum absolute atomic E-state index is 0.0565. The van der Waals surface area contributed by atoms with Crippen LogP contribution in [0.1, 0.15) is 17.4 Å². The highest BCUT2D eigenvalue weighted by Gasteiger charge is 2.27. The van der Waals surface area contributed by atoms with Gasteiger partial charge in [-0.25, -0.2) is 22.2 Å². The van der Waals surface area contributed by atoms with Gasteiger partial charge in [0.05, 0.1) is 17.0 Å². The first-order chi connectivity index (χ1) is 11.5. The van der Waals surface area contributed by atoms with Crippen LogP contribution in [0.3, 0.4) is 0 Å². The van der Waals surface area contributed by atoms with E-state index in [4.69, 9.17) is 16.3 Å². The highest BCUT2D eigenvalue weighted by Crippen LogP contribution is 2.29. The first-order valence-electron chi connectivity index (χ1n) is 7.10. The van der Waals surface area contributed by atoms with Crippen molar-refractivity contribution in [3.8, 4) is 0 Å². The molecule has 0 amide bonds. The number of rotatable bonds is 4. The van der Waals surface area contributed by atoms with Crippen molar-refractivity contribution in [2.45, 2.75) is 11.8 Å². The van der Waals surface area contributed by atoms with Crippen LogP contribution >= 0.6 is 11.6 Å². The molecule has 3 aromatic rings. The molecule has 0 fully saturated rings. The van der Waals surface area contributed by atoms with Crippen LogP contribution < -0.4 is 0 Å². The first-order valence-corrected chi connectivity index (χ1v) is 8.92. The van der Waals surface area contributed by atoms with E-state index in [-0.39, 0.29) is 27.9 Å². The summed E-state index contributed by atoms with van der Waals surface area (Å²) < 4.78 is 32.0. The summed E-state index contributed by atoms with van der Waals surface area (Å²) in [7, 11) is -4.00. The number of esters is 1. The van der Waals surface area contributed by atoms with Crippen molar-refractivity contribution >= 4 is 38.5 Å². The number of carbonyl (C=O) groups is 1. The van der Waals surface area contributed by atoms with Gasteiger partial charge in [0.2, 0.25) is 0 Å². The van der Waals surface area contributed by atoms with E-state index in [1.165, 1.54) is 30.5 Å². The van der Waals surface area contributed by atoms with E-state index in [9.17, 15) is 13.2 Å². The zero-order valence-corrected chi connectivity index (χ0v) is 14.2. The Morgan fingerprint density at radius 1 is 1.25 bits per heavy atom. The van der Waals surface area contributed by atoms with E-state index < -0.39 is 16.0 Å². The normalized spacial score (nSPS) is 11.6. The Morgan fingerprint density at radius 3 is 2.62 bits per heavy atom. The maximum atomic E-state index is 13.0. The number of carbonyl (C=O) groups excluding carboxylic acids is 1. The molecule has 6 nitrogen and oxygen atoms in total. The van der Waals surface area contributed by atoms with Gasteiger partial charge >= 0.3 is 5.97 Å². The van der Waals surface area contributed by atoms with E-state index in [2.05, 4.69) is 4.98 Å². The zero-order valence-electron chi connectivity index (χ0n) is 12.6. The van der Waals surface area contributed by atoms with Crippen molar-refractivity contribution in [2.24, 2.45) is 0 Å². The molecular weight excluding hydrogens is 352 g/mol. The molecule has 0 saturated heterocycles. The average Bonchev–Trinajstić information content (AvgIpc) is 2.98. The van der Waals surface area contributed by atoms with Gasteiger partial charge in [-0.15, -0.1) is 0 Å². The van der Waals surface area contributed by atoms with Gasteiger partial charge in [0.25, 0.3) is 10.0 Å². The molecule has 0 aliphatic heterocycles. The Bertz CT molecular complexity index is 1010. The lowest BCUT2D eigenvalue weighted by Gasteiger charge is -2.11. The number of benzene rings is 1. The predicted octanol–water partition coefficient (Wildman–Crippen LogP) is 3.10. The quantitative estimate of drug-likeness (QED) is 0.525. The van der Waals surface area contributed by atoms with Crippen LogP contribution in [0.4, 0.5) is 0 Å². The second kappa shape index (κ2) is 6.26. The Labute approximate surface area is 143 Å². The van der Waals surface area contributed by atoms with Gasteiger partial charge in [0.15, 0.2) is 0 Å². The van der Waals surface area contributed by atoms with Crippen LogP contribution in [0.5, 0.6) is 0 Å². The molecule has 8 heteroatoms. The molecule has 2 aromatic heterocycles. The maximum Gasteiger partial charge on any atom is 0.356 e. The van der Waals surface area contributed by atoms with Crippen molar-refractivity contribution < 1.29 is 17.9 Å². The number of hydrogen-bond acceptors (Lipinski definition) is 5. The lowest BCUT2D eigenvalue weighted by molar-refractivity contribution is 0.0518. The molecule has 1 aromatic carbocycles. The lowest BCUT2D eigenvalue weighted by Crippen LogP contribution is -2.19. The number of fused-ring (bicyclic) bond motifs is 1. The topological polar surface area (TPSA) is 78.3 Å². The van der Waals surface area contributed by atoms with Crippen LogP contribution in [0, 0.1) is 0 Å². The van der Waals surface area contributed by atoms with E-state index in [1.807, 2.05) is 0 Å². The zero-order chi connectivity index (χ0) is 17.3. The predicted molar refractivity (Wildman–Crippen MR) is 89.7 cm³/mol. The van der Waals surface area contributed by atoms with Crippen LogP contribution in [-0.2, 0) is 14.8 Å². The largest absolute Gasteiger partial charge is 0.461 e. The SMILES string of the molecule is CCOC(=O)c1cc2c(Cl)nccc2n1S(=O)(=O)c1ccccc1. The third-order valence-corrected chi connectivity index (χ3v) is 5.45. The highest BCUT2D eigenvalue weighted by atomic mass is 35.5. The molecule has 0 atom stereocenters. The summed E-state index contributed by atoms with van der Waals surface area (Å²) >= 11 is 6.05. The molecule has 3 rings (SSSR count). The van der Waals surface area contributed by atoms with Crippen LogP contribution in [-0.4, -0.2) is 30.0 Å². The van der Waals surface area contributed by atoms with Crippen molar-refractivity contribution in [3.05, 3.63) is 59.5 Å². The fourth-order valence-corrected chi connectivity index (χ4v) is 4.10. The van der Waals surface area contributed by atoms with Gasteiger partial charge in [-0.3, -0.25) is 0 Å². The average molecular weight is 365 g/mol. The summed E-state index contributed by atoms with van der Waals surface area (Å²) in [5.41, 5.74) is 0.146. The third-order valence-electron chi connectivity index (χ3n) is 3.40. The Morgan fingerprint density at radius 2 is 1.96 bits per heavy atom. The Balaban J connectivity index is 2.35. The summed E-state index contributed by atoms with van der Waals surface area (Å²) in [5.74, 6) is -0.746. The Hall–Kier alpha value is -2.38. The third kappa shape index (κ3) is 2.65. The molecule has 0 radical (unpaired) electrons. The molecule has 0 unspecified atom stereocenters. The molecule has 0 bridgehead atoms. The number of pyridine rings is 1. The van der Waals surface area contributed by atoms with Crippen molar-refractivity contribution in [3.63, 3.8) is 0 Å². The Kier molecular flexibility index (Phi) is 4.29. The maximum absolute atomic E-state index is 13.0. The molecule has 2 heterocycles. The van der Waals surface area contributed by atoms with E-state index in [0.717, 1.165) is 3.97 Å². The number of aromatic nitrogens is 2. The van der Waals surface area contributed by atoms with Gasteiger partial charge in [-0.1, -0.05) is 29.8 Å². The van der Waals surface area contributed by atoms with Gasteiger partial charge in [0, 0.05) is 11.6 Å². The van der Waals surface area contributed by atoms with Crippen molar-refractivity contribution in [1.29, 1.82) is 0 Å². The lowest BCUT2D eigenvalue weighted by atomic mass is 10.3. The molecular formula is C16H13ClN2O4S. The van der Waals surface area contributed by atoms with Gasteiger partial charge in [-0.2, -0.15) is 0 Å². The number of nitrogens with zero attached hydrogens (tertiary/aromatic N) is 2.